The van der Waals surface area contributed by atoms with Crippen LogP contribution in [0.3, 0.4) is 0 Å². The van der Waals surface area contributed by atoms with Crippen molar-refractivity contribution in [3.8, 4) is 11.5 Å². The first-order valence-corrected chi connectivity index (χ1v) is 25.5. The van der Waals surface area contributed by atoms with Gasteiger partial charge in [-0.15, -0.1) is 0 Å². The Morgan fingerprint density at radius 2 is 1.47 bits per heavy atom. The predicted molar refractivity (Wildman–Crippen MR) is 276 cm³/mol. The third kappa shape index (κ3) is 18.1. The van der Waals surface area contributed by atoms with Crippen molar-refractivity contribution in [3.63, 3.8) is 0 Å². The number of amides is 7. The standard InChI is InChI=1S/C53H73N7O16/c1-7-74-44-31-40(54)39(30-43(44)69-6)51(67)60-32-35(4)28-41(60)52-59(18-21-75-52)53(68)76-33-37-8-10-38(11-9-37)56-50(66)36(5)29-42(61)49(34(2)3)57-46(63)15-19-70-22-24-72-26-27-73-25-23-71-20-16-55-45(62)14-17-58-47(64)12-13-48(58)65/h8-13,30-31,34,36,41,49,52H,4,7,14-29,32-33,54H2,1-3,5-6H3,(H,55,62)(H,56,66)(H,57,63)/t36-,41+,49+,52?/m1/s1. The molecule has 5 N–H and O–H groups in total. The van der Waals surface area contributed by atoms with Crippen LogP contribution < -0.4 is 31.2 Å². The van der Waals surface area contributed by atoms with Crippen molar-refractivity contribution < 1.29 is 76.3 Å². The number of benzene rings is 2. The summed E-state index contributed by atoms with van der Waals surface area (Å²) in [6.07, 6.45) is 1.27. The maximum Gasteiger partial charge on any atom is 0.412 e. The highest BCUT2D eigenvalue weighted by Crippen LogP contribution is 2.36. The molecule has 0 aliphatic carbocycles. The molecule has 4 atom stereocenters. The van der Waals surface area contributed by atoms with Gasteiger partial charge in [-0.3, -0.25) is 43.4 Å². The minimum absolute atomic E-state index is 0.0107. The number of Topliss-reactive ketones (excluding diaryl/α,β-unsaturated/α-hetero) is 1. The van der Waals surface area contributed by atoms with E-state index in [0.29, 0.717) is 62.2 Å². The lowest BCUT2D eigenvalue weighted by Gasteiger charge is -2.33. The molecule has 3 heterocycles. The summed E-state index contributed by atoms with van der Waals surface area (Å²) in [6, 6.07) is 8.49. The fourth-order valence-corrected chi connectivity index (χ4v) is 8.36. The molecule has 2 fully saturated rings. The minimum Gasteiger partial charge on any atom is -0.493 e. The van der Waals surface area contributed by atoms with Gasteiger partial charge in [0.1, 0.15) is 6.61 Å². The maximum atomic E-state index is 13.9. The number of nitrogen functional groups attached to an aromatic ring is 1. The summed E-state index contributed by atoms with van der Waals surface area (Å²) in [5.41, 5.74) is 8.67. The number of hydrogen-bond donors (Lipinski definition) is 4. The predicted octanol–water partition coefficient (Wildman–Crippen LogP) is 3.00. The van der Waals surface area contributed by atoms with Gasteiger partial charge in [-0.2, -0.15) is 0 Å². The minimum atomic E-state index is -0.801. The number of rotatable bonds is 32. The summed E-state index contributed by atoms with van der Waals surface area (Å²) in [4.78, 5) is 106. The molecule has 3 aliphatic heterocycles. The van der Waals surface area contributed by atoms with Crippen LogP contribution in [0.4, 0.5) is 16.2 Å². The topological polar surface area (TPSA) is 282 Å². The number of nitrogens with two attached hydrogens (primary N) is 1. The first kappa shape index (κ1) is 60.0. The van der Waals surface area contributed by atoms with Gasteiger partial charge in [-0.25, -0.2) is 4.79 Å². The smallest absolute Gasteiger partial charge is 0.412 e. The number of likely N-dealkylation sites (tertiary alicyclic amines) is 1. The van der Waals surface area contributed by atoms with Crippen LogP contribution in [-0.4, -0.2) is 180 Å². The molecular weight excluding hydrogens is 991 g/mol. The van der Waals surface area contributed by atoms with Gasteiger partial charge in [-0.1, -0.05) is 45.1 Å². The van der Waals surface area contributed by atoms with Crippen LogP contribution >= 0.6 is 0 Å². The Labute approximate surface area is 443 Å². The molecule has 416 valence electrons. The van der Waals surface area contributed by atoms with Crippen molar-refractivity contribution in [3.05, 3.63) is 71.8 Å². The number of carbonyl (C=O) groups is 8. The summed E-state index contributed by atoms with van der Waals surface area (Å²) in [5, 5.41) is 8.27. The van der Waals surface area contributed by atoms with E-state index < -0.39 is 42.1 Å². The lowest BCUT2D eigenvalue weighted by molar-refractivity contribution is -0.137. The SMILES string of the molecule is C=C1C[C@@H](C2OCCN2C(=O)OCc2ccc(NC(=O)[C@H](C)CC(=O)[C@@H](NC(=O)CCOCCOCCOCCOCCNC(=O)CCN3C(=O)C=CC3=O)C(C)C)cc2)N(C(=O)c2cc(OC)c(OCC)cc2N)C1. The molecule has 5 rings (SSSR count). The van der Waals surface area contributed by atoms with Gasteiger partial charge in [0.25, 0.3) is 17.7 Å². The van der Waals surface area contributed by atoms with Crippen LogP contribution in [-0.2, 0) is 63.8 Å². The van der Waals surface area contributed by atoms with Gasteiger partial charge in [0, 0.05) is 74.4 Å². The molecule has 2 aromatic rings. The van der Waals surface area contributed by atoms with Gasteiger partial charge < -0.3 is 64.5 Å². The summed E-state index contributed by atoms with van der Waals surface area (Å²) < 4.78 is 44.7. The molecule has 0 spiro atoms. The Morgan fingerprint density at radius 1 is 0.829 bits per heavy atom. The third-order valence-corrected chi connectivity index (χ3v) is 12.4. The normalized spacial score (nSPS) is 17.0. The zero-order valence-electron chi connectivity index (χ0n) is 44.1. The Hall–Kier alpha value is -6.92. The van der Waals surface area contributed by atoms with Gasteiger partial charge in [-0.05, 0) is 43.0 Å². The van der Waals surface area contributed by atoms with E-state index >= 15 is 0 Å². The van der Waals surface area contributed by atoms with Crippen LogP contribution in [0.25, 0.3) is 0 Å². The van der Waals surface area contributed by atoms with Crippen LogP contribution in [0.5, 0.6) is 11.5 Å². The summed E-state index contributed by atoms with van der Waals surface area (Å²) in [5.74, 6) is -2.70. The Morgan fingerprint density at radius 3 is 2.11 bits per heavy atom. The average molecular weight is 1060 g/mol. The van der Waals surface area contributed by atoms with Crippen molar-refractivity contribution in [2.75, 3.05) is 110 Å². The third-order valence-electron chi connectivity index (χ3n) is 12.4. The number of anilines is 2. The van der Waals surface area contributed by atoms with Gasteiger partial charge in [0.05, 0.1) is 97.4 Å². The fraction of sp³-hybridized carbons (Fsp3) is 0.547. The van der Waals surface area contributed by atoms with E-state index in [9.17, 15) is 38.4 Å². The van der Waals surface area contributed by atoms with Gasteiger partial charge in [0.15, 0.2) is 23.5 Å². The summed E-state index contributed by atoms with van der Waals surface area (Å²) in [7, 11) is 1.48. The molecule has 0 saturated carbocycles. The first-order chi connectivity index (χ1) is 36.5. The molecule has 3 aliphatic rings. The van der Waals surface area contributed by atoms with Crippen molar-refractivity contribution in [2.45, 2.75) is 78.3 Å². The highest BCUT2D eigenvalue weighted by molar-refractivity contribution is 6.13. The highest BCUT2D eigenvalue weighted by Gasteiger charge is 2.45. The molecule has 7 amide bonds. The number of imide groups is 1. The number of ketones is 1. The van der Waals surface area contributed by atoms with Crippen molar-refractivity contribution in [1.29, 1.82) is 0 Å². The molecule has 2 aromatic carbocycles. The monoisotopic (exact) mass is 1060 g/mol. The van der Waals surface area contributed by atoms with Gasteiger partial charge in [0.2, 0.25) is 17.7 Å². The molecule has 76 heavy (non-hydrogen) atoms. The Balaban J connectivity index is 0.924. The largest absolute Gasteiger partial charge is 0.493 e. The van der Waals surface area contributed by atoms with E-state index in [2.05, 4.69) is 22.5 Å². The number of hydrogen-bond acceptors (Lipinski definition) is 17. The molecule has 23 nitrogen and oxygen atoms in total. The first-order valence-electron chi connectivity index (χ1n) is 25.5. The van der Waals surface area contributed by atoms with Crippen molar-refractivity contribution in [1.82, 2.24) is 25.3 Å². The zero-order valence-corrected chi connectivity index (χ0v) is 44.1. The number of methoxy groups -OCH3 is 1. The Kier molecular flexibility index (Phi) is 24.1. The number of carbonyl (C=O) groups excluding carboxylic acids is 8. The number of nitrogens with one attached hydrogen (secondary N) is 3. The second-order valence-corrected chi connectivity index (χ2v) is 18.5. The molecule has 0 bridgehead atoms. The summed E-state index contributed by atoms with van der Waals surface area (Å²) >= 11 is 0. The zero-order chi connectivity index (χ0) is 55.1. The van der Waals surface area contributed by atoms with E-state index in [-0.39, 0.29) is 132 Å². The molecule has 0 aromatic heterocycles. The molecule has 23 heteroatoms. The average Bonchev–Trinajstić information content (AvgIpc) is 4.13. The number of nitrogens with zero attached hydrogens (tertiary/aromatic N) is 3. The molecule has 2 saturated heterocycles. The molecule has 1 unspecified atom stereocenters. The second kappa shape index (κ2) is 30.6. The van der Waals surface area contributed by atoms with E-state index in [1.165, 1.54) is 24.2 Å². The quantitative estimate of drug-likeness (QED) is 0.0355. The maximum absolute atomic E-state index is 13.9. The van der Waals surface area contributed by atoms with E-state index in [0.717, 1.165) is 10.5 Å². The van der Waals surface area contributed by atoms with Crippen LogP contribution in [0.15, 0.2) is 60.7 Å². The summed E-state index contributed by atoms with van der Waals surface area (Å²) in [6.45, 7) is 14.8. The van der Waals surface area contributed by atoms with E-state index in [1.54, 1.807) is 48.2 Å². The van der Waals surface area contributed by atoms with Crippen molar-refractivity contribution in [2.24, 2.45) is 11.8 Å². The van der Waals surface area contributed by atoms with E-state index in [1.807, 2.05) is 20.8 Å². The molecular formula is C53H73N7O16. The second-order valence-electron chi connectivity index (χ2n) is 18.5. The van der Waals surface area contributed by atoms with Crippen LogP contribution in [0.2, 0.25) is 0 Å². The van der Waals surface area contributed by atoms with Crippen molar-refractivity contribution >= 4 is 58.7 Å². The Bertz CT molecular complexity index is 2360. The van der Waals surface area contributed by atoms with Crippen LogP contribution in [0.1, 0.15) is 69.3 Å². The lowest BCUT2D eigenvalue weighted by atomic mass is 9.92. The lowest BCUT2D eigenvalue weighted by Crippen LogP contribution is -2.50. The fourth-order valence-electron chi connectivity index (χ4n) is 8.36. The number of ether oxygens (including phenoxy) is 8. The molecule has 0 radical (unpaired) electrons. The highest BCUT2D eigenvalue weighted by atomic mass is 16.6. The van der Waals surface area contributed by atoms with Gasteiger partial charge >= 0.3 is 6.09 Å². The van der Waals surface area contributed by atoms with Crippen LogP contribution in [0, 0.1) is 11.8 Å². The van der Waals surface area contributed by atoms with E-state index in [4.69, 9.17) is 43.6 Å².